The second-order valence-corrected chi connectivity index (χ2v) is 27.3. The second-order valence-electron chi connectivity index (χ2n) is 27.3. The van der Waals surface area contributed by atoms with Crippen molar-refractivity contribution >= 4 is 129 Å². The molecule has 0 saturated carbocycles. The Bertz CT molecular complexity index is 6190. The van der Waals surface area contributed by atoms with Gasteiger partial charge in [-0.3, -0.25) is 0 Å². The van der Waals surface area contributed by atoms with Crippen LogP contribution in [0.1, 0.15) is 183 Å². The molecule has 0 heterocycles. The van der Waals surface area contributed by atoms with E-state index in [1.807, 2.05) is 157 Å². The largest absolute Gasteiger partial charge is 0.0683 e. The number of rotatable bonds is 0. The second kappa shape index (κ2) is 60.9. The zero-order valence-electron chi connectivity index (χ0n) is 81.0. The van der Waals surface area contributed by atoms with Crippen LogP contribution in [0.15, 0.2) is 388 Å². The molecule has 0 heteroatoms. The van der Waals surface area contributed by atoms with Crippen LogP contribution < -0.4 is 0 Å². The number of hydrogen-bond acceptors (Lipinski definition) is 0. The fraction of sp³-hybridized carbons (Fsp3) is 0.226. The van der Waals surface area contributed by atoms with E-state index < -0.39 is 0 Å². The van der Waals surface area contributed by atoms with E-state index in [1.165, 1.54) is 174 Å². The molecule has 0 N–H and O–H groups in total. The van der Waals surface area contributed by atoms with Crippen LogP contribution in [-0.2, 0) is 0 Å². The van der Waals surface area contributed by atoms with E-state index in [9.17, 15) is 0 Å². The van der Waals surface area contributed by atoms with Crippen molar-refractivity contribution in [2.24, 2.45) is 0 Å². The van der Waals surface area contributed by atoms with Gasteiger partial charge in [-0.1, -0.05) is 519 Å². The average Bonchev–Trinajstić information content (AvgIpc) is 0.796. The molecule has 0 nitrogen and oxygen atoms in total. The first-order valence-electron chi connectivity index (χ1n) is 46.2. The average molecular weight is 1640 g/mol. The Morgan fingerprint density at radius 2 is 0.355 bits per heavy atom. The molecule has 0 aliphatic carbocycles. The molecule has 0 aliphatic rings. The summed E-state index contributed by atoms with van der Waals surface area (Å²) < 4.78 is 0. The Hall–Kier alpha value is -12.5. The molecule has 0 fully saturated rings. The van der Waals surface area contributed by atoms with Crippen molar-refractivity contribution in [2.45, 2.75) is 194 Å². The Labute approximate surface area is 750 Å². The van der Waals surface area contributed by atoms with Gasteiger partial charge in [0.25, 0.3) is 0 Å². The smallest absolute Gasteiger partial charge is 0.0103 e. The van der Waals surface area contributed by atoms with Gasteiger partial charge in [-0.05, 0) is 237 Å². The van der Waals surface area contributed by atoms with E-state index in [0.717, 1.165) is 0 Å². The lowest BCUT2D eigenvalue weighted by molar-refractivity contribution is 1.48. The molecule has 0 spiro atoms. The summed E-state index contributed by atoms with van der Waals surface area (Å²) in [5, 5.41) is 32.0. The molecule has 0 atom stereocenters. The quantitative estimate of drug-likeness (QED) is 0.105. The van der Waals surface area contributed by atoms with Crippen molar-refractivity contribution in [3.63, 3.8) is 0 Å². The fourth-order valence-electron chi connectivity index (χ4n) is 14.0. The van der Waals surface area contributed by atoms with Crippen LogP contribution in [0.4, 0.5) is 0 Å². The summed E-state index contributed by atoms with van der Waals surface area (Å²) in [6.07, 6.45) is 0. The van der Waals surface area contributed by atoms with Gasteiger partial charge in [-0.25, -0.2) is 0 Å². The third-order valence-corrected chi connectivity index (χ3v) is 19.6. The van der Waals surface area contributed by atoms with Gasteiger partial charge in [-0.15, -0.1) is 0 Å². The third-order valence-electron chi connectivity index (χ3n) is 19.6. The molecule has 0 radical (unpaired) electrons. The molecule has 20 aromatic rings. The molecule has 0 unspecified atom stereocenters. The van der Waals surface area contributed by atoms with Gasteiger partial charge in [0.15, 0.2) is 0 Å². The maximum Gasteiger partial charge on any atom is -0.0103 e. The van der Waals surface area contributed by atoms with E-state index in [-0.39, 0.29) is 0 Å². The predicted molar refractivity (Wildman–Crippen MR) is 573 cm³/mol. The SMILES string of the molecule is CC.CC.CC.CC.CC.CC.CC.CC.CC.CC.Cc1c2ccccc2cc2ccccc12.Cc1cc2ccccc2c2ccccc12.Cc1ccc2cc3ccccc3cc2c1.Cc1ccc2ccc3ccccc3c2c1.Cc1ccc2ccccc2c1.Cc1cccc2cc3ccccc3cc12.Cc1cccc2ccccc12.Cc1ccccc1. The summed E-state index contributed by atoms with van der Waals surface area (Å²) >= 11 is 0. The maximum atomic E-state index is 2.28. The van der Waals surface area contributed by atoms with E-state index in [1.54, 1.807) is 0 Å². The van der Waals surface area contributed by atoms with Gasteiger partial charge in [0.1, 0.15) is 0 Å². The first-order chi connectivity index (χ1) is 60.9. The summed E-state index contributed by atoms with van der Waals surface area (Å²) in [6, 6.07) is 137. The molecule has 0 aromatic heterocycles. The monoisotopic (exact) mass is 1640 g/mol. The lowest BCUT2D eigenvalue weighted by Crippen LogP contribution is -1.81. The highest BCUT2D eigenvalue weighted by Crippen LogP contribution is 2.32. The van der Waals surface area contributed by atoms with Gasteiger partial charge in [0.05, 0.1) is 0 Å². The summed E-state index contributed by atoms with van der Waals surface area (Å²) in [7, 11) is 0. The predicted octanol–water partition coefficient (Wildman–Crippen LogP) is 40.1. The van der Waals surface area contributed by atoms with Crippen molar-refractivity contribution in [1.82, 2.24) is 0 Å². The van der Waals surface area contributed by atoms with E-state index in [2.05, 4.69) is 425 Å². The molecular formula is C124H148. The Balaban J connectivity index is 0.000000357. The minimum absolute atomic E-state index is 1.31. The van der Waals surface area contributed by atoms with Crippen LogP contribution in [0.5, 0.6) is 0 Å². The zero-order valence-corrected chi connectivity index (χ0v) is 81.0. The molecular weight excluding hydrogens is 1490 g/mol. The van der Waals surface area contributed by atoms with E-state index in [0.29, 0.717) is 0 Å². The van der Waals surface area contributed by atoms with Crippen LogP contribution in [0.3, 0.4) is 0 Å². The molecule has 20 rings (SSSR count). The lowest BCUT2D eigenvalue weighted by Gasteiger charge is -2.06. The van der Waals surface area contributed by atoms with Crippen molar-refractivity contribution in [2.75, 3.05) is 0 Å². The first kappa shape index (κ1) is 106. The molecule has 0 aliphatic heterocycles. The van der Waals surface area contributed by atoms with Crippen LogP contribution in [-0.4, -0.2) is 0 Å². The number of aryl methyl sites for hydroxylation is 8. The van der Waals surface area contributed by atoms with Crippen molar-refractivity contribution in [3.05, 3.63) is 433 Å². The fourth-order valence-corrected chi connectivity index (χ4v) is 14.0. The zero-order chi connectivity index (χ0) is 91.7. The van der Waals surface area contributed by atoms with Gasteiger partial charge >= 0.3 is 0 Å². The Morgan fingerprint density at radius 1 is 0.105 bits per heavy atom. The first-order valence-corrected chi connectivity index (χ1v) is 46.2. The summed E-state index contributed by atoms with van der Waals surface area (Å²) in [5.74, 6) is 0. The van der Waals surface area contributed by atoms with Crippen molar-refractivity contribution in [3.8, 4) is 0 Å². The van der Waals surface area contributed by atoms with Crippen molar-refractivity contribution in [1.29, 1.82) is 0 Å². The van der Waals surface area contributed by atoms with Crippen LogP contribution in [0.2, 0.25) is 0 Å². The maximum absolute atomic E-state index is 2.28. The normalized spacial score (nSPS) is 9.45. The van der Waals surface area contributed by atoms with Crippen LogP contribution >= 0.6 is 0 Å². The summed E-state index contributed by atoms with van der Waals surface area (Å²) in [4.78, 5) is 0. The molecule has 20 aromatic carbocycles. The Kier molecular flexibility index (Phi) is 51.9. The van der Waals surface area contributed by atoms with Crippen molar-refractivity contribution < 1.29 is 0 Å². The Morgan fingerprint density at radius 3 is 0.806 bits per heavy atom. The minimum Gasteiger partial charge on any atom is -0.0683 e. The van der Waals surface area contributed by atoms with Gasteiger partial charge in [-0.2, -0.15) is 0 Å². The number of hydrogen-bond donors (Lipinski definition) is 0. The third kappa shape index (κ3) is 31.4. The van der Waals surface area contributed by atoms with Crippen LogP contribution in [0.25, 0.3) is 129 Å². The highest BCUT2D eigenvalue weighted by atomic mass is 14.1. The van der Waals surface area contributed by atoms with Gasteiger partial charge in [0, 0.05) is 0 Å². The molecule has 0 bridgehead atoms. The lowest BCUT2D eigenvalue weighted by atomic mass is 9.98. The highest BCUT2D eigenvalue weighted by molar-refractivity contribution is 6.10. The number of benzene rings is 20. The standard InChI is InChI=1S/5C15H12.2C11H10.C7H8.10C2H6/c1-11-14-8-4-2-6-12(14)10-13-7-3-5-9-15(11)13;1-11-10-12-6-2-3-8-14(12)15-9-5-4-7-13(11)15;1-11-5-4-8-14-9-12-6-2-3-7-13(12)10-15(11)14;1-11-6-7-14-9-12-4-2-3-5-13(12)10-15(14)8-11;1-11-6-7-13-9-8-12-4-2-3-5-14(12)15(13)10-11;1-9-5-4-7-10-6-2-3-8-11(9)10;1-9-6-7-10-4-2-3-5-11(10)8-9;1-7-5-3-2-4-6-7;10*1-2/h5*2-10H,1H3;2*2-8H,1H3;2-6H,1H3;10*1-2H3. The molecule has 0 saturated heterocycles. The van der Waals surface area contributed by atoms with Gasteiger partial charge in [0.2, 0.25) is 0 Å². The van der Waals surface area contributed by atoms with Gasteiger partial charge < -0.3 is 0 Å². The van der Waals surface area contributed by atoms with Crippen LogP contribution in [0, 0.1) is 55.4 Å². The molecule has 124 heavy (non-hydrogen) atoms. The summed E-state index contributed by atoms with van der Waals surface area (Å²) in [5.41, 5.74) is 10.7. The van der Waals surface area contributed by atoms with E-state index >= 15 is 0 Å². The number of fused-ring (bicyclic) bond motifs is 14. The molecule has 0 amide bonds. The summed E-state index contributed by atoms with van der Waals surface area (Å²) in [6.45, 7) is 57.2. The molecule has 644 valence electrons. The van der Waals surface area contributed by atoms with E-state index in [4.69, 9.17) is 0 Å². The highest BCUT2D eigenvalue weighted by Gasteiger charge is 2.06. The minimum atomic E-state index is 1.31. The topological polar surface area (TPSA) is 0 Å².